The first-order chi connectivity index (χ1) is 22.0. The molecule has 5 aromatic rings. The van der Waals surface area contributed by atoms with Crippen molar-refractivity contribution in [2.24, 2.45) is 0 Å². The largest absolute Gasteiger partial charge is 0.497 e. The molecule has 0 bridgehead atoms. The highest BCUT2D eigenvalue weighted by molar-refractivity contribution is 9.11. The summed E-state index contributed by atoms with van der Waals surface area (Å²) >= 11 is 7.13. The van der Waals surface area contributed by atoms with Gasteiger partial charge >= 0.3 is 0 Å². The van der Waals surface area contributed by atoms with Crippen molar-refractivity contribution in [2.75, 3.05) is 7.11 Å². The van der Waals surface area contributed by atoms with Crippen molar-refractivity contribution in [1.29, 1.82) is 0 Å². The van der Waals surface area contributed by atoms with Crippen molar-refractivity contribution >= 4 is 43.4 Å². The molecule has 0 saturated carbocycles. The zero-order valence-electron chi connectivity index (χ0n) is 26.3. The fourth-order valence-corrected chi connectivity index (χ4v) is 4.60. The van der Waals surface area contributed by atoms with Gasteiger partial charge in [0.2, 0.25) is 0 Å². The Morgan fingerprint density at radius 1 is 0.630 bits per heavy atom. The van der Waals surface area contributed by atoms with Crippen LogP contribution in [0.3, 0.4) is 0 Å². The molecular weight excluding hydrogens is 702 g/mol. The van der Waals surface area contributed by atoms with Crippen LogP contribution in [0.5, 0.6) is 5.75 Å². The maximum absolute atomic E-state index is 11.4. The van der Waals surface area contributed by atoms with Gasteiger partial charge in [-0.1, -0.05) is 71.7 Å². The molecule has 230 valence electrons. The van der Waals surface area contributed by atoms with Crippen molar-refractivity contribution < 1.29 is 14.3 Å². The molecule has 0 spiro atoms. The molecule has 0 radical (unpaired) electrons. The summed E-state index contributed by atoms with van der Waals surface area (Å²) in [7, 11) is 1.67. The number of pyridine rings is 1. The van der Waals surface area contributed by atoms with Gasteiger partial charge in [0.05, 0.1) is 7.11 Å². The van der Waals surface area contributed by atoms with Crippen LogP contribution in [0, 0.1) is 37.5 Å². The zero-order chi connectivity index (χ0) is 33.5. The Labute approximate surface area is 288 Å². The first-order valence-electron chi connectivity index (χ1n) is 14.3. The zero-order valence-corrected chi connectivity index (χ0v) is 29.5. The lowest BCUT2D eigenvalue weighted by molar-refractivity contribution is 0.100. The summed E-state index contributed by atoms with van der Waals surface area (Å²) in [5.41, 5.74) is 6.99. The minimum atomic E-state index is 0.0349. The number of carbonyl (C=O) groups excluding carboxylic acids is 2. The quantitative estimate of drug-likeness (QED) is 0.137. The SMILES string of the molecule is CC(=O)c1ccc(C#Cc2cc(Br)c(C#Cc3ccc(C(C)=O)cc3)cc2Br)cc1.COc1ccc(C)cc1.Cc1ccccn1. The Morgan fingerprint density at radius 2 is 1.09 bits per heavy atom. The van der Waals surface area contributed by atoms with Gasteiger partial charge in [0.25, 0.3) is 0 Å². The second kappa shape index (κ2) is 18.3. The van der Waals surface area contributed by atoms with E-state index in [-0.39, 0.29) is 11.6 Å². The number of Topliss-reactive ketones (excluding diaryl/α,β-unsaturated/α-hetero) is 2. The van der Waals surface area contributed by atoms with E-state index in [4.69, 9.17) is 4.74 Å². The molecule has 4 nitrogen and oxygen atoms in total. The van der Waals surface area contributed by atoms with Gasteiger partial charge in [-0.2, -0.15) is 0 Å². The van der Waals surface area contributed by atoms with Crippen LogP contribution in [-0.2, 0) is 0 Å². The highest BCUT2D eigenvalue weighted by Gasteiger charge is 2.04. The number of halogens is 2. The standard InChI is InChI=1S/C26H16Br2O2.C8H10O.C6H7N/c1-17(29)21-9-3-19(4-10-21)7-13-23-15-26(28)24(16-25(23)27)14-8-20-5-11-22(12-6-20)18(2)30;1-7-3-5-8(9-2)6-4-7;1-6-4-2-3-5-7-6/h3-6,9-12,15-16H,1-2H3;3-6H,1-2H3;2-5H,1H3. The number of hydrogen-bond donors (Lipinski definition) is 0. The van der Waals surface area contributed by atoms with Crippen LogP contribution in [0.15, 0.2) is 118 Å². The summed E-state index contributed by atoms with van der Waals surface area (Å²) < 4.78 is 6.65. The molecule has 0 saturated heterocycles. The van der Waals surface area contributed by atoms with E-state index in [2.05, 4.69) is 67.4 Å². The Hall–Kier alpha value is -4.75. The summed E-state index contributed by atoms with van der Waals surface area (Å²) in [6.07, 6.45) is 1.79. The van der Waals surface area contributed by atoms with Crippen LogP contribution in [0.25, 0.3) is 0 Å². The Balaban J connectivity index is 0.000000291. The van der Waals surface area contributed by atoms with Crippen LogP contribution in [0.1, 0.15) is 68.1 Å². The predicted octanol–water partition coefficient (Wildman–Crippen LogP) is 9.81. The maximum Gasteiger partial charge on any atom is 0.159 e. The lowest BCUT2D eigenvalue weighted by atomic mass is 10.1. The van der Waals surface area contributed by atoms with Crippen LogP contribution < -0.4 is 4.74 Å². The Kier molecular flexibility index (Phi) is 14.2. The highest BCUT2D eigenvalue weighted by atomic mass is 79.9. The van der Waals surface area contributed by atoms with Gasteiger partial charge in [0.15, 0.2) is 11.6 Å². The van der Waals surface area contributed by atoms with Crippen LogP contribution in [0.4, 0.5) is 0 Å². The van der Waals surface area contributed by atoms with E-state index in [1.165, 1.54) is 5.56 Å². The fraction of sp³-hybridized carbons (Fsp3) is 0.125. The highest BCUT2D eigenvalue weighted by Crippen LogP contribution is 2.25. The van der Waals surface area contributed by atoms with E-state index in [1.54, 1.807) is 51.4 Å². The summed E-state index contributed by atoms with van der Waals surface area (Å²) in [6.45, 7) is 7.11. The van der Waals surface area contributed by atoms with Gasteiger partial charge in [-0.15, -0.1) is 0 Å². The van der Waals surface area contributed by atoms with E-state index >= 15 is 0 Å². The van der Waals surface area contributed by atoms with Crippen LogP contribution in [0.2, 0.25) is 0 Å². The number of aromatic nitrogens is 1. The number of methoxy groups -OCH3 is 1. The average molecular weight is 736 g/mol. The molecule has 0 fully saturated rings. The summed E-state index contributed by atoms with van der Waals surface area (Å²) in [5.74, 6) is 13.5. The summed E-state index contributed by atoms with van der Waals surface area (Å²) in [6, 6.07) is 32.1. The van der Waals surface area contributed by atoms with Crippen molar-refractivity contribution in [2.45, 2.75) is 27.7 Å². The van der Waals surface area contributed by atoms with Crippen molar-refractivity contribution in [1.82, 2.24) is 4.98 Å². The number of aryl methyl sites for hydroxylation is 2. The molecule has 0 atom stereocenters. The normalized spacial score (nSPS) is 9.46. The molecule has 0 aliphatic carbocycles. The van der Waals surface area contributed by atoms with Crippen molar-refractivity contribution in [3.05, 3.63) is 163 Å². The molecule has 0 aliphatic rings. The number of rotatable bonds is 3. The second-order valence-electron chi connectivity index (χ2n) is 10.1. The van der Waals surface area contributed by atoms with Crippen molar-refractivity contribution in [3.8, 4) is 29.4 Å². The Morgan fingerprint density at radius 3 is 1.41 bits per heavy atom. The van der Waals surface area contributed by atoms with E-state index in [1.807, 2.05) is 85.8 Å². The molecule has 46 heavy (non-hydrogen) atoms. The molecule has 6 heteroatoms. The lowest BCUT2D eigenvalue weighted by Gasteiger charge is -2.02. The maximum atomic E-state index is 11.4. The van der Waals surface area contributed by atoms with Crippen LogP contribution in [-0.4, -0.2) is 23.7 Å². The first-order valence-corrected chi connectivity index (χ1v) is 15.9. The van der Waals surface area contributed by atoms with Gasteiger partial charge in [0, 0.05) is 54.2 Å². The molecule has 0 unspecified atom stereocenters. The topological polar surface area (TPSA) is 56.3 Å². The summed E-state index contributed by atoms with van der Waals surface area (Å²) in [4.78, 5) is 26.7. The number of ketones is 2. The van der Waals surface area contributed by atoms with Gasteiger partial charge in [0.1, 0.15) is 5.75 Å². The van der Waals surface area contributed by atoms with E-state index < -0.39 is 0 Å². The second-order valence-corrected chi connectivity index (χ2v) is 11.8. The number of benzene rings is 4. The van der Waals surface area contributed by atoms with Gasteiger partial charge in [-0.25, -0.2) is 0 Å². The number of ether oxygens (including phenoxy) is 1. The van der Waals surface area contributed by atoms with Gasteiger partial charge in [-0.3, -0.25) is 14.6 Å². The molecular formula is C40H33Br2NO3. The van der Waals surface area contributed by atoms with Crippen molar-refractivity contribution in [3.63, 3.8) is 0 Å². The van der Waals surface area contributed by atoms with Crippen LogP contribution >= 0.6 is 31.9 Å². The molecule has 0 N–H and O–H groups in total. The van der Waals surface area contributed by atoms with E-state index in [0.717, 1.165) is 42.6 Å². The number of hydrogen-bond acceptors (Lipinski definition) is 4. The van der Waals surface area contributed by atoms with E-state index in [9.17, 15) is 9.59 Å². The molecule has 0 aliphatic heterocycles. The smallest absolute Gasteiger partial charge is 0.159 e. The third-order valence-corrected chi connectivity index (χ3v) is 7.70. The predicted molar refractivity (Wildman–Crippen MR) is 193 cm³/mol. The monoisotopic (exact) mass is 733 g/mol. The van der Waals surface area contributed by atoms with E-state index in [0.29, 0.717) is 11.1 Å². The van der Waals surface area contributed by atoms with Gasteiger partial charge in [-0.05, 0) is 120 Å². The number of nitrogens with zero attached hydrogens (tertiary/aromatic N) is 1. The van der Waals surface area contributed by atoms with Gasteiger partial charge < -0.3 is 4.74 Å². The first kappa shape index (κ1) is 35.7. The minimum absolute atomic E-state index is 0.0349. The molecule has 0 amide bonds. The molecule has 1 aromatic heterocycles. The third-order valence-electron chi connectivity index (χ3n) is 6.39. The number of carbonyl (C=O) groups is 2. The molecule has 1 heterocycles. The minimum Gasteiger partial charge on any atom is -0.497 e. The lowest BCUT2D eigenvalue weighted by Crippen LogP contribution is -1.91. The summed E-state index contributed by atoms with van der Waals surface area (Å²) in [5, 5.41) is 0. The Bertz CT molecular complexity index is 1790. The molecule has 4 aromatic carbocycles. The third kappa shape index (κ3) is 12.0. The fourth-order valence-electron chi connectivity index (χ4n) is 3.72. The molecule has 5 rings (SSSR count). The average Bonchev–Trinajstić information content (AvgIpc) is 3.06.